The maximum atomic E-state index is 11.9. The van der Waals surface area contributed by atoms with Crippen LogP contribution < -0.4 is 9.47 Å². The molecule has 0 saturated carbocycles. The van der Waals surface area contributed by atoms with E-state index in [1.807, 2.05) is 0 Å². The van der Waals surface area contributed by atoms with E-state index in [4.69, 9.17) is 9.47 Å². The highest BCUT2D eigenvalue weighted by atomic mass is 16.5. The molecule has 0 aliphatic carbocycles. The number of hydrogen-bond donors (Lipinski definition) is 0. The number of ether oxygens (including phenoxy) is 2. The van der Waals surface area contributed by atoms with Crippen LogP contribution in [0.5, 0.6) is 11.5 Å². The molecule has 20 heavy (non-hydrogen) atoms. The molecule has 2 aromatic carbocycles. The minimum absolute atomic E-state index is 0.366. The molecule has 0 aromatic heterocycles. The van der Waals surface area contributed by atoms with Crippen molar-refractivity contribution in [2.75, 3.05) is 7.11 Å². The summed E-state index contributed by atoms with van der Waals surface area (Å²) in [5, 5.41) is 0. The summed E-state index contributed by atoms with van der Waals surface area (Å²) in [6.45, 7) is 0. The summed E-state index contributed by atoms with van der Waals surface area (Å²) in [4.78, 5) is 25.4. The van der Waals surface area contributed by atoms with Gasteiger partial charge in [0.2, 0.25) is 6.08 Å². The molecule has 0 amide bonds. The third-order valence-corrected chi connectivity index (χ3v) is 2.55. The molecule has 0 spiro atoms. The summed E-state index contributed by atoms with van der Waals surface area (Å²) in [6.07, 6.45) is 1.43. The fourth-order valence-corrected chi connectivity index (χ4v) is 1.53. The number of carbonyl (C=O) groups is 1. The molecule has 2 rings (SSSR count). The quantitative estimate of drug-likeness (QED) is 0.370. The van der Waals surface area contributed by atoms with Crippen LogP contribution in [0.1, 0.15) is 10.4 Å². The van der Waals surface area contributed by atoms with E-state index in [1.165, 1.54) is 30.3 Å². The van der Waals surface area contributed by atoms with E-state index in [0.717, 1.165) is 0 Å². The van der Waals surface area contributed by atoms with E-state index in [2.05, 4.69) is 4.99 Å². The average Bonchev–Trinajstić information content (AvgIpc) is 2.49. The molecule has 0 heterocycles. The monoisotopic (exact) mass is 269 g/mol. The number of isocyanates is 1. The van der Waals surface area contributed by atoms with Crippen molar-refractivity contribution in [1.82, 2.24) is 0 Å². The summed E-state index contributed by atoms with van der Waals surface area (Å²) < 4.78 is 10.2. The number of hydrogen-bond acceptors (Lipinski definition) is 5. The molecule has 2 aromatic rings. The normalized spacial score (nSPS) is 9.45. The third-order valence-electron chi connectivity index (χ3n) is 2.55. The van der Waals surface area contributed by atoms with Crippen LogP contribution >= 0.6 is 0 Å². The molecule has 0 fully saturated rings. The maximum Gasteiger partial charge on any atom is 0.343 e. The fraction of sp³-hybridized carbons (Fsp3) is 0.0667. The Morgan fingerprint density at radius 3 is 2.15 bits per heavy atom. The first-order valence-electron chi connectivity index (χ1n) is 5.77. The lowest BCUT2D eigenvalue weighted by Gasteiger charge is -2.05. The van der Waals surface area contributed by atoms with Gasteiger partial charge in [0, 0.05) is 0 Å². The third kappa shape index (κ3) is 3.31. The lowest BCUT2D eigenvalue weighted by molar-refractivity contribution is 0.0734. The second kappa shape index (κ2) is 6.31. The van der Waals surface area contributed by atoms with Gasteiger partial charge in [-0.05, 0) is 48.5 Å². The first-order valence-corrected chi connectivity index (χ1v) is 5.77. The van der Waals surface area contributed by atoms with Gasteiger partial charge in [-0.2, -0.15) is 4.99 Å². The molecule has 5 heteroatoms. The van der Waals surface area contributed by atoms with E-state index in [9.17, 15) is 9.59 Å². The first kappa shape index (κ1) is 13.5. The molecule has 0 unspecified atom stereocenters. The zero-order valence-electron chi connectivity index (χ0n) is 10.7. The lowest BCUT2D eigenvalue weighted by atomic mass is 10.2. The zero-order valence-corrected chi connectivity index (χ0v) is 10.7. The largest absolute Gasteiger partial charge is 0.497 e. The lowest BCUT2D eigenvalue weighted by Crippen LogP contribution is -2.07. The zero-order chi connectivity index (χ0) is 14.4. The molecule has 0 N–H and O–H groups in total. The van der Waals surface area contributed by atoms with Gasteiger partial charge in [-0.1, -0.05) is 0 Å². The van der Waals surface area contributed by atoms with E-state index in [0.29, 0.717) is 22.7 Å². The van der Waals surface area contributed by atoms with Crippen molar-refractivity contribution in [3.05, 3.63) is 54.1 Å². The van der Waals surface area contributed by atoms with E-state index in [1.54, 1.807) is 31.4 Å². The van der Waals surface area contributed by atoms with Gasteiger partial charge in [-0.3, -0.25) is 0 Å². The average molecular weight is 269 g/mol. The van der Waals surface area contributed by atoms with E-state index >= 15 is 0 Å². The van der Waals surface area contributed by atoms with Gasteiger partial charge in [0.05, 0.1) is 18.4 Å². The Labute approximate surface area is 115 Å². The van der Waals surface area contributed by atoms with Gasteiger partial charge < -0.3 is 9.47 Å². The van der Waals surface area contributed by atoms with Crippen LogP contribution in [0.4, 0.5) is 5.69 Å². The minimum Gasteiger partial charge on any atom is -0.497 e. The van der Waals surface area contributed by atoms with Crippen molar-refractivity contribution >= 4 is 17.7 Å². The second-order valence-electron chi connectivity index (χ2n) is 3.82. The van der Waals surface area contributed by atoms with Crippen molar-refractivity contribution in [2.45, 2.75) is 0 Å². The van der Waals surface area contributed by atoms with E-state index in [-0.39, 0.29) is 0 Å². The van der Waals surface area contributed by atoms with Gasteiger partial charge in [0.25, 0.3) is 0 Å². The number of rotatable bonds is 4. The fourth-order valence-electron chi connectivity index (χ4n) is 1.53. The smallest absolute Gasteiger partial charge is 0.343 e. The molecule has 5 nitrogen and oxygen atoms in total. The highest BCUT2D eigenvalue weighted by Gasteiger charge is 2.08. The van der Waals surface area contributed by atoms with Crippen LogP contribution in [0.15, 0.2) is 53.5 Å². The molecule has 0 aliphatic heterocycles. The van der Waals surface area contributed by atoms with Crippen LogP contribution in [0, 0.1) is 0 Å². The standard InChI is InChI=1S/C15H11NO4/c1-19-13-6-8-14(9-7-13)20-15(18)11-2-4-12(5-3-11)16-10-17/h2-9H,1H3. The second-order valence-corrected chi connectivity index (χ2v) is 3.82. The first-order chi connectivity index (χ1) is 9.72. The molecule has 100 valence electrons. The topological polar surface area (TPSA) is 65.0 Å². The summed E-state index contributed by atoms with van der Waals surface area (Å²) >= 11 is 0. The Bertz CT molecular complexity index is 641. The van der Waals surface area contributed by atoms with Crippen molar-refractivity contribution in [3.8, 4) is 11.5 Å². The van der Waals surface area contributed by atoms with Gasteiger partial charge in [0.1, 0.15) is 11.5 Å². The van der Waals surface area contributed by atoms with Crippen LogP contribution in [-0.4, -0.2) is 19.2 Å². The molecule has 0 atom stereocenters. The number of esters is 1. The summed E-state index contributed by atoms with van der Waals surface area (Å²) in [6, 6.07) is 12.8. The number of nitrogens with zero attached hydrogens (tertiary/aromatic N) is 1. The van der Waals surface area contributed by atoms with Crippen LogP contribution in [-0.2, 0) is 4.79 Å². The minimum atomic E-state index is -0.489. The number of methoxy groups -OCH3 is 1. The number of benzene rings is 2. The summed E-state index contributed by atoms with van der Waals surface area (Å²) in [5.74, 6) is 0.614. The predicted octanol–water partition coefficient (Wildman–Crippen LogP) is 2.88. The Balaban J connectivity index is 2.08. The molecule has 0 saturated heterocycles. The van der Waals surface area contributed by atoms with Crippen molar-refractivity contribution in [1.29, 1.82) is 0 Å². The number of aliphatic imine (C=N–C) groups is 1. The van der Waals surface area contributed by atoms with Crippen molar-refractivity contribution < 1.29 is 19.1 Å². The Morgan fingerprint density at radius 2 is 1.60 bits per heavy atom. The summed E-state index contributed by atoms with van der Waals surface area (Å²) in [5.41, 5.74) is 0.798. The van der Waals surface area contributed by atoms with Crippen LogP contribution in [0.3, 0.4) is 0 Å². The highest BCUT2D eigenvalue weighted by molar-refractivity contribution is 5.91. The highest BCUT2D eigenvalue weighted by Crippen LogP contribution is 2.19. The van der Waals surface area contributed by atoms with Crippen molar-refractivity contribution in [2.24, 2.45) is 4.99 Å². The Morgan fingerprint density at radius 1 is 1.00 bits per heavy atom. The van der Waals surface area contributed by atoms with Gasteiger partial charge >= 0.3 is 5.97 Å². The molecule has 0 radical (unpaired) electrons. The SMILES string of the molecule is COc1ccc(OC(=O)c2ccc(N=C=O)cc2)cc1. The molecular formula is C15H11NO4. The predicted molar refractivity (Wildman–Crippen MR) is 72.2 cm³/mol. The molecule has 0 bridgehead atoms. The Hall–Kier alpha value is -2.91. The summed E-state index contributed by atoms with van der Waals surface area (Å²) in [7, 11) is 1.56. The van der Waals surface area contributed by atoms with Gasteiger partial charge in [-0.25, -0.2) is 9.59 Å². The maximum absolute atomic E-state index is 11.9. The number of carbonyl (C=O) groups excluding carboxylic acids is 2. The van der Waals surface area contributed by atoms with Gasteiger partial charge in [-0.15, -0.1) is 0 Å². The van der Waals surface area contributed by atoms with Crippen LogP contribution in [0.25, 0.3) is 0 Å². The molecule has 0 aliphatic rings. The molecular weight excluding hydrogens is 258 g/mol. The van der Waals surface area contributed by atoms with Gasteiger partial charge in [0.15, 0.2) is 0 Å². The van der Waals surface area contributed by atoms with E-state index < -0.39 is 5.97 Å². The van der Waals surface area contributed by atoms with Crippen LogP contribution in [0.2, 0.25) is 0 Å². The van der Waals surface area contributed by atoms with Crippen molar-refractivity contribution in [3.63, 3.8) is 0 Å². The Kier molecular flexibility index (Phi) is 4.27.